The van der Waals surface area contributed by atoms with Crippen molar-refractivity contribution in [3.8, 4) is 29.4 Å². The number of phenols is 1. The molecule has 204 valence electrons. The molecule has 3 aliphatic heterocycles. The van der Waals surface area contributed by atoms with Gasteiger partial charge in [0.15, 0.2) is 5.82 Å². The first-order valence-electron chi connectivity index (χ1n) is 13.9. The number of terminal acetylenes is 1. The number of nitrogens with zero attached hydrogens (tertiary/aromatic N) is 6. The van der Waals surface area contributed by atoms with Crippen molar-refractivity contribution < 1.29 is 13.9 Å². The smallest absolute Gasteiger partial charge is 0.228 e. The number of fused-ring (bicyclic) bond motifs is 3. The van der Waals surface area contributed by atoms with Crippen LogP contribution in [0.3, 0.4) is 0 Å². The molecular formula is C31H30F2N6O. The van der Waals surface area contributed by atoms with Crippen molar-refractivity contribution in [3.63, 3.8) is 0 Å². The van der Waals surface area contributed by atoms with Gasteiger partial charge in [0.25, 0.3) is 0 Å². The van der Waals surface area contributed by atoms with Crippen molar-refractivity contribution in [1.82, 2.24) is 19.9 Å². The van der Waals surface area contributed by atoms with Crippen LogP contribution in [-0.4, -0.2) is 70.8 Å². The summed E-state index contributed by atoms with van der Waals surface area (Å²) in [6.45, 7) is 4.40. The Hall–Kier alpha value is -4.03. The second-order valence-corrected chi connectivity index (χ2v) is 11.2. The molecule has 0 bridgehead atoms. The average Bonchev–Trinajstić information content (AvgIpc) is 3.55. The molecule has 4 aromatic rings. The van der Waals surface area contributed by atoms with Crippen LogP contribution in [-0.2, 0) is 0 Å². The van der Waals surface area contributed by atoms with Crippen LogP contribution < -0.4 is 9.80 Å². The molecule has 0 radical (unpaired) electrons. The summed E-state index contributed by atoms with van der Waals surface area (Å²) in [6.07, 6.45) is 11.6. The topological polar surface area (TPSA) is 68.6 Å². The van der Waals surface area contributed by atoms with E-state index < -0.39 is 11.6 Å². The minimum atomic E-state index is -0.643. The highest BCUT2D eigenvalue weighted by Gasteiger charge is 2.41. The fourth-order valence-electron chi connectivity index (χ4n) is 6.79. The molecule has 0 amide bonds. The Kier molecular flexibility index (Phi) is 5.97. The van der Waals surface area contributed by atoms with Crippen molar-refractivity contribution in [2.75, 3.05) is 49.6 Å². The molecule has 2 aromatic carbocycles. The Morgan fingerprint density at radius 3 is 2.62 bits per heavy atom. The fourth-order valence-corrected chi connectivity index (χ4v) is 6.79. The molecule has 0 unspecified atom stereocenters. The number of likely N-dealkylation sites (tertiary alicyclic amines) is 1. The van der Waals surface area contributed by atoms with Crippen molar-refractivity contribution in [1.29, 1.82) is 0 Å². The number of halogens is 2. The largest absolute Gasteiger partial charge is 0.508 e. The van der Waals surface area contributed by atoms with Gasteiger partial charge in [0.05, 0.1) is 10.9 Å². The lowest BCUT2D eigenvalue weighted by atomic mass is 9.96. The van der Waals surface area contributed by atoms with E-state index in [1.807, 2.05) is 0 Å². The molecule has 1 N–H and O–H groups in total. The lowest BCUT2D eigenvalue weighted by Crippen LogP contribution is -2.34. The third kappa shape index (κ3) is 3.93. The summed E-state index contributed by atoms with van der Waals surface area (Å²) < 4.78 is 31.4. The summed E-state index contributed by atoms with van der Waals surface area (Å²) >= 11 is 0. The van der Waals surface area contributed by atoms with E-state index >= 15 is 4.39 Å². The Morgan fingerprint density at radius 2 is 1.85 bits per heavy atom. The number of hydrogen-bond acceptors (Lipinski definition) is 7. The van der Waals surface area contributed by atoms with E-state index in [9.17, 15) is 9.50 Å². The van der Waals surface area contributed by atoms with Gasteiger partial charge in [-0.25, -0.2) is 13.8 Å². The van der Waals surface area contributed by atoms with E-state index in [0.717, 1.165) is 58.4 Å². The minimum Gasteiger partial charge on any atom is -0.508 e. The Labute approximate surface area is 231 Å². The van der Waals surface area contributed by atoms with Gasteiger partial charge in [-0.15, -0.1) is 6.42 Å². The highest BCUT2D eigenvalue weighted by Crippen LogP contribution is 2.40. The van der Waals surface area contributed by atoms with Gasteiger partial charge in [-0.05, 0) is 68.8 Å². The Bertz CT molecular complexity index is 1700. The van der Waals surface area contributed by atoms with E-state index in [4.69, 9.17) is 16.4 Å². The molecule has 2 aromatic heterocycles. The maximum absolute atomic E-state index is 16.6. The number of hydrogen-bond donors (Lipinski definition) is 1. The lowest BCUT2D eigenvalue weighted by Gasteiger charge is -2.30. The van der Waals surface area contributed by atoms with Crippen LogP contribution in [0, 0.1) is 29.9 Å². The van der Waals surface area contributed by atoms with Gasteiger partial charge in [-0.1, -0.05) is 12.0 Å². The molecule has 0 saturated carbocycles. The molecule has 7 nitrogen and oxygen atoms in total. The van der Waals surface area contributed by atoms with Gasteiger partial charge in [0.2, 0.25) is 5.95 Å². The lowest BCUT2D eigenvalue weighted by molar-refractivity contribution is 0.310. The fraction of sp³-hybridized carbons (Fsp3) is 0.387. The number of piperidine rings is 1. The van der Waals surface area contributed by atoms with Crippen molar-refractivity contribution in [3.05, 3.63) is 47.7 Å². The second kappa shape index (κ2) is 9.56. The second-order valence-electron chi connectivity index (χ2n) is 11.2. The highest BCUT2D eigenvalue weighted by atomic mass is 19.1. The molecule has 3 saturated heterocycles. The Morgan fingerprint density at radius 1 is 1.02 bits per heavy atom. The predicted octanol–water partition coefficient (Wildman–Crippen LogP) is 4.94. The molecule has 9 heteroatoms. The van der Waals surface area contributed by atoms with Gasteiger partial charge in [0, 0.05) is 49.4 Å². The zero-order chi connectivity index (χ0) is 27.5. The van der Waals surface area contributed by atoms with Gasteiger partial charge in [-0.2, -0.15) is 4.98 Å². The first-order chi connectivity index (χ1) is 19.4. The average molecular weight is 541 g/mol. The van der Waals surface area contributed by atoms with Crippen LogP contribution in [0.15, 0.2) is 30.5 Å². The standard InChI is InChI=1S/C31H30F2N6O/c1-3-21-24(32)8-7-18-13-20(40)14-22(26(18)21)28-27(33)29-23(15-34-28)30(38-10-5-4-6-11-38)36-31(35-29)39-16-19-9-12-37(2)25(19)17-39/h1,7-8,13-15,19,25,40H,4-6,9-12,16-17H2,2H3/t19-,25+/m0/s1. The number of anilines is 2. The van der Waals surface area contributed by atoms with Gasteiger partial charge >= 0.3 is 0 Å². The zero-order valence-electron chi connectivity index (χ0n) is 22.4. The summed E-state index contributed by atoms with van der Waals surface area (Å²) in [7, 11) is 2.15. The van der Waals surface area contributed by atoms with E-state index in [-0.39, 0.29) is 28.1 Å². The summed E-state index contributed by atoms with van der Waals surface area (Å²) in [4.78, 5) is 21.1. The number of aromatic nitrogens is 3. The molecule has 3 aliphatic rings. The summed E-state index contributed by atoms with van der Waals surface area (Å²) in [5.74, 6) is 2.81. The molecule has 40 heavy (non-hydrogen) atoms. The van der Waals surface area contributed by atoms with Crippen LogP contribution in [0.4, 0.5) is 20.5 Å². The monoisotopic (exact) mass is 540 g/mol. The zero-order valence-corrected chi connectivity index (χ0v) is 22.4. The number of rotatable bonds is 3. The molecule has 0 spiro atoms. The minimum absolute atomic E-state index is 0.00101. The quantitative estimate of drug-likeness (QED) is 0.369. The van der Waals surface area contributed by atoms with Crippen LogP contribution in [0.1, 0.15) is 31.2 Å². The van der Waals surface area contributed by atoms with Crippen LogP contribution >= 0.6 is 0 Å². The maximum atomic E-state index is 16.6. The molecule has 2 atom stereocenters. The van der Waals surface area contributed by atoms with Gasteiger partial charge < -0.3 is 19.8 Å². The number of likely N-dealkylation sites (N-methyl/N-ethyl adjacent to an activating group) is 1. The number of phenolic OH excluding ortho intramolecular Hbond substituents is 1. The van der Waals surface area contributed by atoms with E-state index in [1.54, 1.807) is 6.20 Å². The van der Waals surface area contributed by atoms with Crippen molar-refractivity contribution in [2.45, 2.75) is 31.7 Å². The molecule has 5 heterocycles. The summed E-state index contributed by atoms with van der Waals surface area (Å²) in [5, 5.41) is 11.8. The van der Waals surface area contributed by atoms with Gasteiger partial charge in [0.1, 0.15) is 28.6 Å². The first kappa shape index (κ1) is 25.0. The van der Waals surface area contributed by atoms with Gasteiger partial charge in [-0.3, -0.25) is 4.98 Å². The van der Waals surface area contributed by atoms with E-state index in [0.29, 0.717) is 39.9 Å². The predicted molar refractivity (Wildman–Crippen MR) is 153 cm³/mol. The third-order valence-corrected chi connectivity index (χ3v) is 8.87. The first-order valence-corrected chi connectivity index (χ1v) is 13.9. The van der Waals surface area contributed by atoms with Crippen molar-refractivity contribution in [2.24, 2.45) is 5.92 Å². The summed E-state index contributed by atoms with van der Waals surface area (Å²) in [6, 6.07) is 6.06. The van der Waals surface area contributed by atoms with Crippen LogP contribution in [0.5, 0.6) is 5.75 Å². The molecule has 3 fully saturated rings. The summed E-state index contributed by atoms with van der Waals surface area (Å²) in [5.41, 5.74) is 0.344. The van der Waals surface area contributed by atoms with Crippen molar-refractivity contribution >= 4 is 33.4 Å². The number of aromatic hydroxyl groups is 1. The molecular weight excluding hydrogens is 510 g/mol. The van der Waals surface area contributed by atoms with Crippen LogP contribution in [0.25, 0.3) is 32.9 Å². The SMILES string of the molecule is C#Cc1c(F)ccc2cc(O)cc(-c3ncc4c(N5CCCCC5)nc(N5C[C@@H]6CCN(C)[C@@H]6C5)nc4c3F)c12. The van der Waals surface area contributed by atoms with Crippen LogP contribution in [0.2, 0.25) is 0 Å². The maximum Gasteiger partial charge on any atom is 0.228 e. The number of benzene rings is 2. The third-order valence-electron chi connectivity index (χ3n) is 8.87. The molecule has 0 aliphatic carbocycles. The normalized spacial score (nSPS) is 21.4. The number of pyridine rings is 1. The van der Waals surface area contributed by atoms with E-state index in [2.05, 4.69) is 32.7 Å². The molecule has 7 rings (SSSR count). The Balaban J connectivity index is 1.44. The van der Waals surface area contributed by atoms with E-state index in [1.165, 1.54) is 24.3 Å². The highest BCUT2D eigenvalue weighted by molar-refractivity contribution is 6.03.